The van der Waals surface area contributed by atoms with E-state index in [9.17, 15) is 0 Å². The van der Waals surface area contributed by atoms with Crippen molar-refractivity contribution in [1.82, 2.24) is 0 Å². The van der Waals surface area contributed by atoms with Crippen LogP contribution in [0.1, 0.15) is 6.92 Å². The van der Waals surface area contributed by atoms with Gasteiger partial charge in [0.1, 0.15) is 0 Å². The van der Waals surface area contributed by atoms with E-state index in [2.05, 4.69) is 0 Å². The second kappa shape index (κ2) is 8.95. The third kappa shape index (κ3) is 11.0. The summed E-state index contributed by atoms with van der Waals surface area (Å²) in [6.07, 6.45) is 0. The van der Waals surface area contributed by atoms with Crippen molar-refractivity contribution in [3.63, 3.8) is 0 Å². The zero-order valence-corrected chi connectivity index (χ0v) is 4.28. The zero-order valence-electron chi connectivity index (χ0n) is 2.86. The van der Waals surface area contributed by atoms with Gasteiger partial charge in [0, 0.05) is 0 Å². The molecule has 0 aliphatic heterocycles. The van der Waals surface area contributed by atoms with Gasteiger partial charge in [0.05, 0.1) is 0 Å². The van der Waals surface area contributed by atoms with Crippen LogP contribution in [0, 0.1) is 0 Å². The molecule has 0 spiro atoms. The van der Waals surface area contributed by atoms with Gasteiger partial charge in [0.15, 0.2) is 9.76 Å². The molecule has 0 rings (SSSR count). The normalized spacial score (nSPS) is 8.40. The van der Waals surface area contributed by atoms with E-state index >= 15 is 0 Å². The number of rotatable bonds is 1. The van der Waals surface area contributed by atoms with Crippen LogP contribution >= 0.6 is 0 Å². The molecule has 0 aromatic carbocycles. The topological polar surface area (TPSA) is 20.2 Å². The Bertz CT molecular complexity index is 11.6. The molecule has 3 heteroatoms. The van der Waals surface area contributed by atoms with Gasteiger partial charge in [0.2, 0.25) is 0 Å². The summed E-state index contributed by atoms with van der Waals surface area (Å²) >= 11 is 0. The molecule has 0 heterocycles. The van der Waals surface area contributed by atoms with Crippen LogP contribution in [0.15, 0.2) is 0 Å². The van der Waals surface area contributed by atoms with Gasteiger partial charge >= 0.3 is 29.6 Å². The molecule has 0 amide bonds. The molecular formula is C2H9NaOSi. The SMILES string of the molecule is CC[SiH2]O.[NaH]. The van der Waals surface area contributed by atoms with Crippen molar-refractivity contribution in [2.45, 2.75) is 13.0 Å². The molecule has 0 aliphatic rings. The van der Waals surface area contributed by atoms with Crippen LogP contribution in [-0.4, -0.2) is 44.1 Å². The van der Waals surface area contributed by atoms with Crippen molar-refractivity contribution in [1.29, 1.82) is 0 Å². The van der Waals surface area contributed by atoms with Crippen LogP contribution in [0.3, 0.4) is 0 Å². The maximum atomic E-state index is 8.01. The second-order valence-electron chi connectivity index (χ2n) is 0.724. The summed E-state index contributed by atoms with van der Waals surface area (Å²) in [6.45, 7) is 1.99. The Morgan fingerprint density at radius 2 is 2.00 bits per heavy atom. The quantitative estimate of drug-likeness (QED) is 0.413. The summed E-state index contributed by atoms with van der Waals surface area (Å²) in [5.74, 6) is 0. The van der Waals surface area contributed by atoms with E-state index < -0.39 is 9.76 Å². The first-order chi connectivity index (χ1) is 1.91. The summed E-state index contributed by atoms with van der Waals surface area (Å²) < 4.78 is 0. The fourth-order valence-corrected chi connectivity index (χ4v) is 0. The molecule has 0 saturated carbocycles. The third-order valence-corrected chi connectivity index (χ3v) is 0.671. The van der Waals surface area contributed by atoms with Crippen LogP contribution in [0.25, 0.3) is 0 Å². The van der Waals surface area contributed by atoms with Crippen LogP contribution in [0.4, 0.5) is 0 Å². The van der Waals surface area contributed by atoms with E-state index in [0.717, 1.165) is 6.04 Å². The molecule has 0 aliphatic carbocycles. The molecule has 1 N–H and O–H groups in total. The first-order valence-electron chi connectivity index (χ1n) is 1.52. The van der Waals surface area contributed by atoms with Gasteiger partial charge in [-0.1, -0.05) is 6.92 Å². The van der Waals surface area contributed by atoms with Crippen LogP contribution < -0.4 is 0 Å². The second-order valence-corrected chi connectivity index (χ2v) is 2.17. The van der Waals surface area contributed by atoms with Crippen molar-refractivity contribution in [3.8, 4) is 0 Å². The predicted octanol–water partition coefficient (Wildman–Crippen LogP) is -1.15. The molecule has 0 atom stereocenters. The van der Waals surface area contributed by atoms with Gasteiger partial charge in [-0.2, -0.15) is 0 Å². The Morgan fingerprint density at radius 1 is 1.80 bits per heavy atom. The van der Waals surface area contributed by atoms with Crippen molar-refractivity contribution in [3.05, 3.63) is 0 Å². The predicted molar refractivity (Wildman–Crippen MR) is 28.4 cm³/mol. The van der Waals surface area contributed by atoms with Crippen molar-refractivity contribution >= 4 is 39.3 Å². The molecule has 0 bridgehead atoms. The van der Waals surface area contributed by atoms with Crippen molar-refractivity contribution < 1.29 is 4.80 Å². The van der Waals surface area contributed by atoms with Gasteiger partial charge in [0.25, 0.3) is 0 Å². The van der Waals surface area contributed by atoms with Gasteiger partial charge in [-0.05, 0) is 6.04 Å². The first-order valence-corrected chi connectivity index (χ1v) is 3.16. The third-order valence-electron chi connectivity index (χ3n) is 0.224. The molecule has 0 aromatic rings. The van der Waals surface area contributed by atoms with Crippen LogP contribution in [-0.2, 0) is 0 Å². The van der Waals surface area contributed by atoms with Crippen LogP contribution in [0.2, 0.25) is 6.04 Å². The Hall–Kier alpha value is 1.18. The number of hydrogen-bond acceptors (Lipinski definition) is 1. The molecule has 0 fully saturated rings. The van der Waals surface area contributed by atoms with E-state index in [1.807, 2.05) is 6.92 Å². The molecule has 0 aromatic heterocycles. The average Bonchev–Trinajstić information content (AvgIpc) is 1.37. The minimum atomic E-state index is -0.576. The Balaban J connectivity index is 0. The summed E-state index contributed by atoms with van der Waals surface area (Å²) in [4.78, 5) is 8.01. The Labute approximate surface area is 57.0 Å². The average molecular weight is 100 g/mol. The van der Waals surface area contributed by atoms with E-state index in [-0.39, 0.29) is 29.6 Å². The maximum absolute atomic E-state index is 8.01. The van der Waals surface area contributed by atoms with E-state index in [4.69, 9.17) is 4.80 Å². The molecular weight excluding hydrogens is 91.1 g/mol. The summed E-state index contributed by atoms with van der Waals surface area (Å²) in [5.41, 5.74) is 0. The Morgan fingerprint density at radius 3 is 2.00 bits per heavy atom. The van der Waals surface area contributed by atoms with Crippen molar-refractivity contribution in [2.24, 2.45) is 0 Å². The number of hydrogen-bond donors (Lipinski definition) is 1. The minimum absolute atomic E-state index is 0. The molecule has 28 valence electrons. The molecule has 0 radical (unpaired) electrons. The van der Waals surface area contributed by atoms with Crippen molar-refractivity contribution in [2.75, 3.05) is 0 Å². The van der Waals surface area contributed by atoms with Gasteiger partial charge in [-0.15, -0.1) is 0 Å². The first kappa shape index (κ1) is 9.49. The molecule has 0 unspecified atom stereocenters. The van der Waals surface area contributed by atoms with E-state index in [1.54, 1.807) is 0 Å². The van der Waals surface area contributed by atoms with Gasteiger partial charge < -0.3 is 4.80 Å². The standard InChI is InChI=1S/C2H8OSi.Na.H/c1-2-4-3;;/h3H,2,4H2,1H3;;. The zero-order chi connectivity index (χ0) is 3.41. The van der Waals surface area contributed by atoms with Gasteiger partial charge in [-0.3, -0.25) is 0 Å². The van der Waals surface area contributed by atoms with E-state index in [0.29, 0.717) is 0 Å². The molecule has 1 nitrogen and oxygen atoms in total. The van der Waals surface area contributed by atoms with E-state index in [1.165, 1.54) is 0 Å². The fraction of sp³-hybridized carbons (Fsp3) is 1.00. The van der Waals surface area contributed by atoms with Crippen LogP contribution in [0.5, 0.6) is 0 Å². The Kier molecular flexibility index (Phi) is 17.0. The van der Waals surface area contributed by atoms with Gasteiger partial charge in [-0.25, -0.2) is 0 Å². The monoisotopic (exact) mass is 100 g/mol. The summed E-state index contributed by atoms with van der Waals surface area (Å²) in [6, 6.07) is 1.01. The summed E-state index contributed by atoms with van der Waals surface area (Å²) in [7, 11) is -0.576. The molecule has 5 heavy (non-hydrogen) atoms. The fourth-order valence-electron chi connectivity index (χ4n) is 0. The molecule has 0 saturated heterocycles. The summed E-state index contributed by atoms with van der Waals surface area (Å²) in [5, 5.41) is 0.